The van der Waals surface area contributed by atoms with Crippen LogP contribution in [0.1, 0.15) is 77.4 Å². The summed E-state index contributed by atoms with van der Waals surface area (Å²) in [7, 11) is 1.44. The molecule has 4 rings (SSSR count). The smallest absolute Gasteiger partial charge is 0.306 e. The van der Waals surface area contributed by atoms with Crippen molar-refractivity contribution in [1.29, 1.82) is 0 Å². The number of carbonyl (C=O) groups excluding carboxylic acids is 4. The van der Waals surface area contributed by atoms with Crippen LogP contribution in [0.2, 0.25) is 0 Å². The number of aryl methyl sites for hydroxylation is 2. The Labute approximate surface area is 308 Å². The van der Waals surface area contributed by atoms with E-state index >= 15 is 0 Å². The molecular formula is C35H42N8O9S. The van der Waals surface area contributed by atoms with E-state index in [9.17, 15) is 29.3 Å². The maximum Gasteiger partial charge on any atom is 0.306 e. The van der Waals surface area contributed by atoms with Gasteiger partial charge in [0.1, 0.15) is 28.3 Å². The number of anilines is 1. The number of esters is 1. The Hall–Kier alpha value is -6.04. The lowest BCUT2D eigenvalue weighted by Crippen LogP contribution is -2.24. The molecule has 5 N–H and O–H groups in total. The van der Waals surface area contributed by atoms with Crippen molar-refractivity contribution in [3.63, 3.8) is 0 Å². The molecule has 0 spiro atoms. The van der Waals surface area contributed by atoms with Crippen molar-refractivity contribution in [1.82, 2.24) is 14.3 Å². The maximum atomic E-state index is 13.4. The van der Waals surface area contributed by atoms with Gasteiger partial charge >= 0.3 is 5.97 Å². The number of aromatic nitrogens is 3. The Bertz CT molecular complexity index is 2160. The first-order chi connectivity index (χ1) is 25.0. The monoisotopic (exact) mass is 750 g/mol. The number of benzene rings is 2. The molecular weight excluding hydrogens is 708 g/mol. The Morgan fingerprint density at radius 2 is 1.74 bits per heavy atom. The number of nitrogens with two attached hydrogens (primary N) is 2. The summed E-state index contributed by atoms with van der Waals surface area (Å²) >= 11 is 1.16. The summed E-state index contributed by atoms with van der Waals surface area (Å²) in [6, 6.07) is 7.10. The third-order valence-electron chi connectivity index (χ3n) is 7.48. The number of ether oxygens (including phenoxy) is 3. The molecule has 0 unspecified atom stereocenters. The number of hydrogen-bond donors (Lipinski definition) is 3. The van der Waals surface area contributed by atoms with Gasteiger partial charge in [0, 0.05) is 43.2 Å². The molecule has 0 aliphatic heterocycles. The van der Waals surface area contributed by atoms with Crippen LogP contribution in [0.15, 0.2) is 47.5 Å². The number of hydrogen-bond acceptors (Lipinski definition) is 12. The van der Waals surface area contributed by atoms with Crippen LogP contribution in [-0.4, -0.2) is 68.8 Å². The number of nitro benzene ring substituents is 1. The molecule has 2 aromatic heterocycles. The molecule has 0 radical (unpaired) electrons. The number of nitrogens with one attached hydrogen (secondary N) is 1. The number of nitro groups is 1. The zero-order valence-corrected chi connectivity index (χ0v) is 31.1. The fourth-order valence-corrected chi connectivity index (χ4v) is 6.32. The Balaban J connectivity index is 1.63. The minimum Gasteiger partial charge on any atom is -0.494 e. The number of methoxy groups -OCH3 is 1. The van der Waals surface area contributed by atoms with Crippen LogP contribution < -0.4 is 31.1 Å². The second-order valence-electron chi connectivity index (χ2n) is 12.7. The van der Waals surface area contributed by atoms with E-state index in [-0.39, 0.29) is 55.1 Å². The number of rotatable bonds is 16. The molecule has 0 aliphatic rings. The topological polar surface area (TPSA) is 238 Å². The summed E-state index contributed by atoms with van der Waals surface area (Å²) in [5, 5.41) is 19.4. The number of thiazole rings is 1. The standard InChI is InChI=1S/C35H42N8O9S/c1-7-42-24(15-20(2)40-42)33(47)39-34-41(30-26(50-6)18-22(32(37)46)19-27(30)53-34)13-9-8-12-38-29-23(43(48)49)16-21(31(36)45)17-25(29)51-14-10-11-28(44)52-35(3,4)5/h8-9,15-19,38H,7,10-14H2,1-6H3,(H2,36,45)(H2,37,46)/b9-8+,39-34-. The molecule has 282 valence electrons. The van der Waals surface area contributed by atoms with Crippen molar-refractivity contribution in [2.75, 3.05) is 25.6 Å². The lowest BCUT2D eigenvalue weighted by molar-refractivity contribution is -0.384. The zero-order chi connectivity index (χ0) is 39.0. The van der Waals surface area contributed by atoms with Crippen molar-refractivity contribution >= 4 is 56.6 Å². The Kier molecular flexibility index (Phi) is 12.7. The molecule has 2 aromatic carbocycles. The lowest BCUT2D eigenvalue weighted by Gasteiger charge is -2.19. The van der Waals surface area contributed by atoms with Gasteiger partial charge in [0.25, 0.3) is 11.6 Å². The molecule has 18 heteroatoms. The summed E-state index contributed by atoms with van der Waals surface area (Å²) in [5.41, 5.74) is 11.5. The second-order valence-corrected chi connectivity index (χ2v) is 13.7. The average Bonchev–Trinajstić information content (AvgIpc) is 3.64. The first kappa shape index (κ1) is 39.7. The minimum absolute atomic E-state index is 0.0000562. The van der Waals surface area contributed by atoms with Gasteiger partial charge < -0.3 is 35.6 Å². The van der Waals surface area contributed by atoms with E-state index in [1.165, 1.54) is 19.2 Å². The summed E-state index contributed by atoms with van der Waals surface area (Å²) in [4.78, 5) is 65.7. The highest BCUT2D eigenvalue weighted by molar-refractivity contribution is 7.16. The summed E-state index contributed by atoms with van der Waals surface area (Å²) in [5.74, 6) is -2.15. The SMILES string of the molecule is CCn1nc(C)cc1C(=O)/N=c1\sc2cc(C(N)=O)cc(OC)c2n1C/C=C/CNc1c(OCCCC(=O)OC(C)(C)C)cc(C(N)=O)cc1[N+](=O)[O-]. The fourth-order valence-electron chi connectivity index (χ4n) is 5.22. The lowest BCUT2D eigenvalue weighted by atomic mass is 10.1. The normalized spacial score (nSPS) is 11.9. The number of nitrogens with zero attached hydrogens (tertiary/aromatic N) is 5. The minimum atomic E-state index is -0.884. The van der Waals surface area contributed by atoms with Crippen LogP contribution in [0.25, 0.3) is 10.2 Å². The predicted octanol–water partition coefficient (Wildman–Crippen LogP) is 4.25. The van der Waals surface area contributed by atoms with Gasteiger partial charge in [-0.05, 0) is 65.3 Å². The van der Waals surface area contributed by atoms with Gasteiger partial charge in [-0.25, -0.2) is 0 Å². The summed E-state index contributed by atoms with van der Waals surface area (Å²) in [6.45, 7) is 9.59. The van der Waals surface area contributed by atoms with Crippen molar-refractivity contribution in [3.8, 4) is 11.5 Å². The van der Waals surface area contributed by atoms with Gasteiger partial charge in [-0.3, -0.25) is 34.0 Å². The van der Waals surface area contributed by atoms with Gasteiger partial charge in [0.2, 0.25) is 11.8 Å². The quantitative estimate of drug-likeness (QED) is 0.0481. The van der Waals surface area contributed by atoms with Crippen LogP contribution in [0.5, 0.6) is 11.5 Å². The Morgan fingerprint density at radius 3 is 2.36 bits per heavy atom. The van der Waals surface area contributed by atoms with E-state index < -0.39 is 39.9 Å². The van der Waals surface area contributed by atoms with E-state index in [1.54, 1.807) is 61.2 Å². The van der Waals surface area contributed by atoms with Crippen molar-refractivity contribution in [2.24, 2.45) is 16.5 Å². The molecule has 17 nitrogen and oxygen atoms in total. The van der Waals surface area contributed by atoms with Crippen molar-refractivity contribution in [3.05, 3.63) is 79.9 Å². The van der Waals surface area contributed by atoms with Gasteiger partial charge in [-0.15, -0.1) is 0 Å². The van der Waals surface area contributed by atoms with Crippen LogP contribution in [-0.2, 0) is 22.6 Å². The van der Waals surface area contributed by atoms with E-state index in [2.05, 4.69) is 15.4 Å². The zero-order valence-electron chi connectivity index (χ0n) is 30.3. The molecule has 0 saturated heterocycles. The van der Waals surface area contributed by atoms with E-state index in [0.717, 1.165) is 17.4 Å². The molecule has 3 amide bonds. The van der Waals surface area contributed by atoms with Crippen LogP contribution >= 0.6 is 11.3 Å². The third kappa shape index (κ3) is 10.1. The number of fused-ring (bicyclic) bond motifs is 1. The van der Waals surface area contributed by atoms with Crippen LogP contribution in [0.4, 0.5) is 11.4 Å². The fraction of sp³-hybridized carbons (Fsp3) is 0.371. The molecule has 2 heterocycles. The maximum absolute atomic E-state index is 13.4. The number of carbonyl (C=O) groups is 4. The number of primary amides is 2. The van der Waals surface area contributed by atoms with E-state index in [4.69, 9.17) is 25.7 Å². The van der Waals surface area contributed by atoms with Crippen molar-refractivity contribution in [2.45, 2.75) is 66.2 Å². The first-order valence-electron chi connectivity index (χ1n) is 16.5. The molecule has 0 bridgehead atoms. The summed E-state index contributed by atoms with van der Waals surface area (Å²) in [6.07, 6.45) is 3.73. The van der Waals surface area contributed by atoms with Crippen molar-refractivity contribution < 1.29 is 38.3 Å². The van der Waals surface area contributed by atoms with Gasteiger partial charge in [0.15, 0.2) is 10.5 Å². The van der Waals surface area contributed by atoms with Crippen LogP contribution in [0, 0.1) is 17.0 Å². The molecule has 53 heavy (non-hydrogen) atoms. The number of allylic oxidation sites excluding steroid dienone is 1. The molecule has 0 atom stereocenters. The Morgan fingerprint density at radius 1 is 1.06 bits per heavy atom. The molecule has 0 aliphatic carbocycles. The summed E-state index contributed by atoms with van der Waals surface area (Å²) < 4.78 is 20.6. The van der Waals surface area contributed by atoms with Gasteiger partial charge in [-0.2, -0.15) is 10.1 Å². The van der Waals surface area contributed by atoms with Crippen LogP contribution in [0.3, 0.4) is 0 Å². The van der Waals surface area contributed by atoms with Gasteiger partial charge in [-0.1, -0.05) is 23.5 Å². The third-order valence-corrected chi connectivity index (χ3v) is 8.51. The average molecular weight is 751 g/mol. The van der Waals surface area contributed by atoms with E-state index in [0.29, 0.717) is 38.7 Å². The van der Waals surface area contributed by atoms with Gasteiger partial charge in [0.05, 0.1) is 29.0 Å². The second kappa shape index (κ2) is 17.0. The largest absolute Gasteiger partial charge is 0.494 e. The highest BCUT2D eigenvalue weighted by atomic mass is 32.1. The highest BCUT2D eigenvalue weighted by Crippen LogP contribution is 2.36. The predicted molar refractivity (Wildman–Crippen MR) is 197 cm³/mol. The van der Waals surface area contributed by atoms with E-state index in [1.807, 2.05) is 6.92 Å². The highest BCUT2D eigenvalue weighted by Gasteiger charge is 2.23. The molecule has 0 fully saturated rings. The molecule has 0 saturated carbocycles. The first-order valence-corrected chi connectivity index (χ1v) is 17.3. The number of amides is 3. The molecule has 4 aromatic rings.